The minimum atomic E-state index is -0.107. The van der Waals surface area contributed by atoms with Gasteiger partial charge >= 0.3 is 0 Å². The van der Waals surface area contributed by atoms with Crippen molar-refractivity contribution in [2.24, 2.45) is 5.92 Å². The van der Waals surface area contributed by atoms with Gasteiger partial charge in [-0.25, -0.2) is 0 Å². The molecule has 0 aromatic heterocycles. The first kappa shape index (κ1) is 17.4. The lowest BCUT2D eigenvalue weighted by molar-refractivity contribution is -0.117. The van der Waals surface area contributed by atoms with Crippen LogP contribution in [0.3, 0.4) is 0 Å². The van der Waals surface area contributed by atoms with E-state index in [1.54, 1.807) is 11.8 Å². The first-order valence-corrected chi connectivity index (χ1v) is 9.45. The van der Waals surface area contributed by atoms with Crippen LogP contribution in [-0.4, -0.2) is 24.6 Å². The highest BCUT2D eigenvalue weighted by molar-refractivity contribution is 7.98. The van der Waals surface area contributed by atoms with Gasteiger partial charge in [-0.15, -0.1) is 11.8 Å². The van der Waals surface area contributed by atoms with Gasteiger partial charge in [0.1, 0.15) is 0 Å². The summed E-state index contributed by atoms with van der Waals surface area (Å²) in [5.74, 6) is 0.169. The van der Waals surface area contributed by atoms with E-state index in [1.807, 2.05) is 54.8 Å². The lowest BCUT2D eigenvalue weighted by Gasteiger charge is -2.10. The molecule has 1 saturated carbocycles. The second-order valence-corrected chi connectivity index (χ2v) is 6.85. The van der Waals surface area contributed by atoms with Gasteiger partial charge in [-0.2, -0.15) is 0 Å². The van der Waals surface area contributed by atoms with Crippen LogP contribution in [0.4, 0.5) is 17.1 Å². The molecule has 5 nitrogen and oxygen atoms in total. The van der Waals surface area contributed by atoms with Crippen LogP contribution in [0.15, 0.2) is 53.4 Å². The number of carbonyl (C=O) groups is 2. The molecule has 2 aromatic rings. The van der Waals surface area contributed by atoms with Gasteiger partial charge in [0, 0.05) is 27.9 Å². The van der Waals surface area contributed by atoms with Gasteiger partial charge < -0.3 is 16.0 Å². The molecular formula is C19H21N3O2S. The molecule has 1 aliphatic rings. The van der Waals surface area contributed by atoms with Crippen molar-refractivity contribution >= 4 is 40.6 Å². The van der Waals surface area contributed by atoms with Crippen LogP contribution in [0.1, 0.15) is 12.8 Å². The predicted octanol–water partition coefficient (Wildman–Crippen LogP) is 3.81. The molecule has 0 aliphatic heterocycles. The fraction of sp³-hybridized carbons (Fsp3) is 0.263. The molecule has 0 saturated heterocycles. The third kappa shape index (κ3) is 5.26. The van der Waals surface area contributed by atoms with Crippen LogP contribution in [-0.2, 0) is 9.59 Å². The summed E-state index contributed by atoms with van der Waals surface area (Å²) in [6.07, 6.45) is 3.97. The van der Waals surface area contributed by atoms with Crippen molar-refractivity contribution in [2.45, 2.75) is 17.7 Å². The zero-order valence-corrected chi connectivity index (χ0v) is 14.9. The number of hydrogen-bond acceptors (Lipinski definition) is 4. The van der Waals surface area contributed by atoms with E-state index in [9.17, 15) is 9.59 Å². The van der Waals surface area contributed by atoms with E-state index in [-0.39, 0.29) is 24.3 Å². The Morgan fingerprint density at radius 1 is 1.00 bits per heavy atom. The van der Waals surface area contributed by atoms with Gasteiger partial charge in [0.05, 0.1) is 6.54 Å². The van der Waals surface area contributed by atoms with Crippen LogP contribution < -0.4 is 16.0 Å². The molecule has 25 heavy (non-hydrogen) atoms. The predicted molar refractivity (Wildman–Crippen MR) is 103 cm³/mol. The Kier molecular flexibility index (Phi) is 5.60. The fourth-order valence-electron chi connectivity index (χ4n) is 2.35. The minimum Gasteiger partial charge on any atom is -0.376 e. The maximum absolute atomic E-state index is 12.0. The standard InChI is InChI=1S/C19H21N3O2S/c1-25-17-4-2-3-16(11-17)21-18(23)12-20-14-7-9-15(10-8-14)22-19(24)13-5-6-13/h2-4,7-11,13,20H,5-6,12H2,1H3,(H,21,23)(H,22,24). The van der Waals surface area contributed by atoms with Gasteiger partial charge in [0.2, 0.25) is 11.8 Å². The largest absolute Gasteiger partial charge is 0.376 e. The normalized spacial score (nSPS) is 13.2. The van der Waals surface area contributed by atoms with Crippen molar-refractivity contribution < 1.29 is 9.59 Å². The van der Waals surface area contributed by atoms with Gasteiger partial charge in [-0.3, -0.25) is 9.59 Å². The van der Waals surface area contributed by atoms with Crippen LogP contribution >= 0.6 is 11.8 Å². The summed E-state index contributed by atoms with van der Waals surface area (Å²) in [5.41, 5.74) is 2.40. The first-order valence-electron chi connectivity index (χ1n) is 8.23. The lowest BCUT2D eigenvalue weighted by atomic mass is 10.2. The number of amides is 2. The second-order valence-electron chi connectivity index (χ2n) is 5.97. The molecule has 0 spiro atoms. The Bertz CT molecular complexity index is 758. The van der Waals surface area contributed by atoms with Crippen molar-refractivity contribution in [1.29, 1.82) is 0 Å². The van der Waals surface area contributed by atoms with Gasteiger partial charge in [-0.05, 0) is 61.6 Å². The third-order valence-corrected chi connectivity index (χ3v) is 4.63. The Hall–Kier alpha value is -2.47. The Balaban J connectivity index is 1.47. The average Bonchev–Trinajstić information content (AvgIpc) is 3.46. The smallest absolute Gasteiger partial charge is 0.243 e. The third-order valence-electron chi connectivity index (χ3n) is 3.91. The van der Waals surface area contributed by atoms with Crippen LogP contribution in [0.2, 0.25) is 0 Å². The molecule has 2 amide bonds. The van der Waals surface area contributed by atoms with Crippen LogP contribution in [0.5, 0.6) is 0 Å². The van der Waals surface area contributed by atoms with Crippen LogP contribution in [0.25, 0.3) is 0 Å². The fourth-order valence-corrected chi connectivity index (χ4v) is 2.81. The summed E-state index contributed by atoms with van der Waals surface area (Å²) >= 11 is 1.63. The number of thioether (sulfide) groups is 1. The summed E-state index contributed by atoms with van der Waals surface area (Å²) in [4.78, 5) is 24.9. The molecule has 0 radical (unpaired) electrons. The number of rotatable bonds is 7. The summed E-state index contributed by atoms with van der Waals surface area (Å²) in [6.45, 7) is 0.178. The van der Waals surface area contributed by atoms with Crippen LogP contribution in [0, 0.1) is 5.92 Å². The monoisotopic (exact) mass is 355 g/mol. The summed E-state index contributed by atoms with van der Waals surface area (Å²) < 4.78 is 0. The molecule has 0 heterocycles. The first-order chi connectivity index (χ1) is 12.1. The number of nitrogens with one attached hydrogen (secondary N) is 3. The van der Waals surface area contributed by atoms with Crippen molar-refractivity contribution in [2.75, 3.05) is 28.8 Å². The average molecular weight is 355 g/mol. The molecule has 1 fully saturated rings. The highest BCUT2D eigenvalue weighted by Crippen LogP contribution is 2.30. The Morgan fingerprint density at radius 3 is 2.40 bits per heavy atom. The highest BCUT2D eigenvalue weighted by atomic mass is 32.2. The Morgan fingerprint density at radius 2 is 1.72 bits per heavy atom. The molecule has 1 aliphatic carbocycles. The van der Waals surface area contributed by atoms with Gasteiger partial charge in [0.15, 0.2) is 0 Å². The van der Waals surface area contributed by atoms with Crippen molar-refractivity contribution in [3.8, 4) is 0 Å². The highest BCUT2D eigenvalue weighted by Gasteiger charge is 2.29. The van der Waals surface area contributed by atoms with E-state index >= 15 is 0 Å². The molecule has 3 rings (SSSR count). The molecule has 6 heteroatoms. The topological polar surface area (TPSA) is 70.2 Å². The zero-order valence-electron chi connectivity index (χ0n) is 14.0. The lowest BCUT2D eigenvalue weighted by Crippen LogP contribution is -2.21. The molecule has 3 N–H and O–H groups in total. The van der Waals surface area contributed by atoms with E-state index in [1.165, 1.54) is 0 Å². The van der Waals surface area contributed by atoms with Crippen molar-refractivity contribution in [3.05, 3.63) is 48.5 Å². The number of benzene rings is 2. The maximum Gasteiger partial charge on any atom is 0.243 e. The van der Waals surface area contributed by atoms with Gasteiger partial charge in [0.25, 0.3) is 0 Å². The zero-order chi connectivity index (χ0) is 17.6. The summed E-state index contributed by atoms with van der Waals surface area (Å²) in [6, 6.07) is 15.1. The van der Waals surface area contributed by atoms with E-state index in [0.717, 1.165) is 34.8 Å². The van der Waals surface area contributed by atoms with Crippen molar-refractivity contribution in [1.82, 2.24) is 0 Å². The Labute approximate surface area is 151 Å². The van der Waals surface area contributed by atoms with E-state index in [0.29, 0.717) is 0 Å². The quantitative estimate of drug-likeness (QED) is 0.661. The molecule has 0 atom stereocenters. The van der Waals surface area contributed by atoms with E-state index < -0.39 is 0 Å². The van der Waals surface area contributed by atoms with Crippen molar-refractivity contribution in [3.63, 3.8) is 0 Å². The van der Waals surface area contributed by atoms with E-state index in [2.05, 4.69) is 16.0 Å². The summed E-state index contributed by atoms with van der Waals surface area (Å²) in [7, 11) is 0. The second kappa shape index (κ2) is 8.07. The number of carbonyl (C=O) groups excluding carboxylic acids is 2. The summed E-state index contributed by atoms with van der Waals surface area (Å²) in [5, 5.41) is 8.84. The van der Waals surface area contributed by atoms with E-state index in [4.69, 9.17) is 0 Å². The molecule has 130 valence electrons. The molecule has 0 bridgehead atoms. The maximum atomic E-state index is 12.0. The molecule has 2 aromatic carbocycles. The molecule has 0 unspecified atom stereocenters. The minimum absolute atomic E-state index is 0.0903. The number of anilines is 3. The van der Waals surface area contributed by atoms with Gasteiger partial charge in [-0.1, -0.05) is 6.07 Å². The number of hydrogen-bond donors (Lipinski definition) is 3. The SMILES string of the molecule is CSc1cccc(NC(=O)CNc2ccc(NC(=O)C3CC3)cc2)c1. The molecular weight excluding hydrogens is 334 g/mol.